The van der Waals surface area contributed by atoms with Crippen LogP contribution in [0.4, 0.5) is 5.82 Å². The number of aliphatic imine (C=N–C) groups is 1. The summed E-state index contributed by atoms with van der Waals surface area (Å²) in [5.74, 6) is 0.750. The van der Waals surface area contributed by atoms with Crippen molar-refractivity contribution >= 4 is 23.6 Å². The summed E-state index contributed by atoms with van der Waals surface area (Å²) in [4.78, 5) is 8.95. The van der Waals surface area contributed by atoms with E-state index in [4.69, 9.17) is 27.1 Å². The van der Waals surface area contributed by atoms with Crippen LogP contribution in [0.25, 0.3) is 0 Å². The smallest absolute Gasteiger partial charge is 0.126 e. The minimum Gasteiger partial charge on any atom is -0.381 e. The summed E-state index contributed by atoms with van der Waals surface area (Å²) in [5.41, 5.74) is 6.11. The Hall–Kier alpha value is -1.68. The summed E-state index contributed by atoms with van der Waals surface area (Å²) in [5, 5.41) is 12.6. The van der Waals surface area contributed by atoms with Crippen molar-refractivity contribution in [2.75, 3.05) is 25.1 Å². The Morgan fingerprint density at radius 3 is 2.92 bits per heavy atom. The third-order valence-corrected chi connectivity index (χ3v) is 5.87. The maximum atomic E-state index is 9.57. The van der Waals surface area contributed by atoms with Crippen LogP contribution in [0.2, 0.25) is 0 Å². The van der Waals surface area contributed by atoms with Gasteiger partial charge >= 0.3 is 0 Å². The van der Waals surface area contributed by atoms with Gasteiger partial charge in [-0.15, -0.1) is 11.6 Å². The first-order valence-electron chi connectivity index (χ1n) is 8.61. The molecular weight excluding hydrogens is 338 g/mol. The van der Waals surface area contributed by atoms with Crippen molar-refractivity contribution in [3.05, 3.63) is 23.9 Å². The fraction of sp³-hybridized carbons (Fsp3) is 0.611. The van der Waals surface area contributed by atoms with E-state index in [1.165, 1.54) is 0 Å². The van der Waals surface area contributed by atoms with Gasteiger partial charge in [-0.25, -0.2) is 4.98 Å². The van der Waals surface area contributed by atoms with E-state index < -0.39 is 5.41 Å². The van der Waals surface area contributed by atoms with Crippen LogP contribution in [0.5, 0.6) is 0 Å². The first-order valence-corrected chi connectivity index (χ1v) is 9.04. The van der Waals surface area contributed by atoms with Gasteiger partial charge in [0.2, 0.25) is 0 Å². The Bertz CT molecular complexity index is 682. The van der Waals surface area contributed by atoms with E-state index in [0.717, 1.165) is 24.4 Å². The van der Waals surface area contributed by atoms with Crippen molar-refractivity contribution in [2.24, 2.45) is 16.1 Å². The molecule has 0 bridgehead atoms. The summed E-state index contributed by atoms with van der Waals surface area (Å²) in [7, 11) is 0. The number of hydrogen-bond donors (Lipinski definition) is 2. The van der Waals surface area contributed by atoms with Gasteiger partial charge in [0.05, 0.1) is 28.7 Å². The van der Waals surface area contributed by atoms with Crippen LogP contribution in [0, 0.1) is 16.7 Å². The molecular formula is C18H24ClN5O. The molecule has 0 saturated carbocycles. The summed E-state index contributed by atoms with van der Waals surface area (Å²) < 4.78 is 5.38. The minimum absolute atomic E-state index is 0.254. The molecule has 3 unspecified atom stereocenters. The lowest BCUT2D eigenvalue weighted by Gasteiger charge is -2.36. The number of aromatic nitrogens is 1. The number of alkyl halides is 1. The monoisotopic (exact) mass is 361 g/mol. The number of nitrogens with two attached hydrogens (primary N) is 1. The number of ether oxygens (including phenoxy) is 1. The van der Waals surface area contributed by atoms with Gasteiger partial charge in [-0.2, -0.15) is 5.26 Å². The van der Waals surface area contributed by atoms with E-state index in [1.54, 1.807) is 6.21 Å². The van der Waals surface area contributed by atoms with Crippen LogP contribution in [-0.4, -0.2) is 42.5 Å². The summed E-state index contributed by atoms with van der Waals surface area (Å²) >= 11 is 6.50. The molecule has 1 aromatic rings. The highest BCUT2D eigenvalue weighted by Gasteiger charge is 2.39. The molecule has 0 aromatic carbocycles. The van der Waals surface area contributed by atoms with Crippen molar-refractivity contribution in [2.45, 2.75) is 43.1 Å². The average Bonchev–Trinajstić information content (AvgIpc) is 2.64. The van der Waals surface area contributed by atoms with Crippen molar-refractivity contribution in [1.29, 1.82) is 5.26 Å². The SMILES string of the molecule is CC1(c2cccc(NCC3(C#N)CCOCC3)n2)CC(N)N=CC1Cl. The van der Waals surface area contributed by atoms with Crippen LogP contribution in [-0.2, 0) is 10.2 Å². The van der Waals surface area contributed by atoms with Gasteiger partial charge in [-0.3, -0.25) is 4.99 Å². The molecule has 1 aromatic heterocycles. The second-order valence-electron chi connectivity index (χ2n) is 7.15. The number of anilines is 1. The fourth-order valence-corrected chi connectivity index (χ4v) is 3.66. The zero-order chi connectivity index (χ0) is 17.9. The Balaban J connectivity index is 1.76. The topological polar surface area (TPSA) is 96.3 Å². The zero-order valence-electron chi connectivity index (χ0n) is 14.4. The largest absolute Gasteiger partial charge is 0.381 e. The van der Waals surface area contributed by atoms with Crippen molar-refractivity contribution in [3.63, 3.8) is 0 Å². The Morgan fingerprint density at radius 2 is 2.20 bits per heavy atom. The molecule has 2 aliphatic heterocycles. The number of halogens is 1. The average molecular weight is 362 g/mol. The number of hydrogen-bond acceptors (Lipinski definition) is 6. The summed E-state index contributed by atoms with van der Waals surface area (Å²) in [6, 6.07) is 8.31. The molecule has 7 heteroatoms. The molecule has 1 saturated heterocycles. The number of nitrogens with zero attached hydrogens (tertiary/aromatic N) is 3. The lowest BCUT2D eigenvalue weighted by atomic mass is 9.77. The van der Waals surface area contributed by atoms with Gasteiger partial charge < -0.3 is 15.8 Å². The second-order valence-corrected chi connectivity index (χ2v) is 7.63. The number of pyridine rings is 1. The van der Waals surface area contributed by atoms with Gasteiger partial charge in [0.25, 0.3) is 0 Å². The fourth-order valence-electron chi connectivity index (χ4n) is 3.40. The minimum atomic E-state index is -0.394. The van der Waals surface area contributed by atoms with Crippen molar-refractivity contribution in [3.8, 4) is 6.07 Å². The van der Waals surface area contributed by atoms with E-state index in [-0.39, 0.29) is 17.0 Å². The Kier molecular flexibility index (Phi) is 5.28. The van der Waals surface area contributed by atoms with Gasteiger partial charge in [-0.1, -0.05) is 13.0 Å². The lowest BCUT2D eigenvalue weighted by molar-refractivity contribution is 0.0455. The molecule has 6 nitrogen and oxygen atoms in total. The van der Waals surface area contributed by atoms with Crippen LogP contribution in [0.1, 0.15) is 31.9 Å². The van der Waals surface area contributed by atoms with E-state index in [9.17, 15) is 5.26 Å². The van der Waals surface area contributed by atoms with Crippen molar-refractivity contribution < 1.29 is 4.74 Å². The van der Waals surface area contributed by atoms with Gasteiger partial charge in [-0.05, 0) is 31.4 Å². The molecule has 0 aliphatic carbocycles. The Labute approximate surface area is 153 Å². The van der Waals surface area contributed by atoms with Gasteiger partial charge in [0, 0.05) is 31.4 Å². The number of rotatable bonds is 4. The first kappa shape index (κ1) is 18.1. The Morgan fingerprint density at radius 1 is 1.44 bits per heavy atom. The molecule has 3 N–H and O–H groups in total. The second kappa shape index (κ2) is 7.28. The quantitative estimate of drug-likeness (QED) is 0.803. The first-order chi connectivity index (χ1) is 12.0. The predicted molar refractivity (Wildman–Crippen MR) is 98.9 cm³/mol. The summed E-state index contributed by atoms with van der Waals surface area (Å²) in [6.07, 6.45) is 3.58. The van der Waals surface area contributed by atoms with Crippen LogP contribution in [0.15, 0.2) is 23.2 Å². The normalized spacial score (nSPS) is 31.3. The van der Waals surface area contributed by atoms with Crippen LogP contribution < -0.4 is 11.1 Å². The molecule has 3 atom stereocenters. The number of nitriles is 1. The highest BCUT2D eigenvalue weighted by molar-refractivity contribution is 6.29. The van der Waals surface area contributed by atoms with Gasteiger partial charge in [0.15, 0.2) is 0 Å². The van der Waals surface area contributed by atoms with Gasteiger partial charge in [0.1, 0.15) is 5.82 Å². The summed E-state index contributed by atoms with van der Waals surface area (Å²) in [6.45, 7) is 3.89. The molecule has 3 rings (SSSR count). The molecule has 0 amide bonds. The third kappa shape index (κ3) is 3.79. The van der Waals surface area contributed by atoms with E-state index in [0.29, 0.717) is 26.2 Å². The van der Waals surface area contributed by atoms with Crippen LogP contribution in [0.3, 0.4) is 0 Å². The third-order valence-electron chi connectivity index (χ3n) is 5.28. The van der Waals surface area contributed by atoms with E-state index in [2.05, 4.69) is 23.3 Å². The molecule has 134 valence electrons. The highest BCUT2D eigenvalue weighted by atomic mass is 35.5. The molecule has 1 fully saturated rings. The van der Waals surface area contributed by atoms with E-state index >= 15 is 0 Å². The maximum Gasteiger partial charge on any atom is 0.126 e. The standard InChI is InChI=1S/C18H24ClN5O/c1-17(9-15(21)22-10-13(17)19)14-3-2-4-16(24-14)23-12-18(11-20)5-7-25-8-6-18/h2-4,10,13,15H,5-9,12,21H2,1H3,(H,23,24). The molecule has 0 spiro atoms. The highest BCUT2D eigenvalue weighted by Crippen LogP contribution is 2.37. The lowest BCUT2D eigenvalue weighted by Crippen LogP contribution is -2.44. The van der Waals surface area contributed by atoms with Crippen LogP contribution >= 0.6 is 11.6 Å². The molecule has 3 heterocycles. The number of nitrogens with one attached hydrogen (secondary N) is 1. The van der Waals surface area contributed by atoms with Crippen molar-refractivity contribution in [1.82, 2.24) is 4.98 Å². The predicted octanol–water partition coefficient (Wildman–Crippen LogP) is 2.44. The van der Waals surface area contributed by atoms with E-state index in [1.807, 2.05) is 18.2 Å². The zero-order valence-corrected chi connectivity index (χ0v) is 15.2. The molecule has 2 aliphatic rings. The molecule has 0 radical (unpaired) electrons. The molecule has 25 heavy (non-hydrogen) atoms. The maximum absolute atomic E-state index is 9.57.